The molecule has 1 spiro atoms. The Labute approximate surface area is 184 Å². The number of carbonyl (C=O) groups is 3. The third-order valence-corrected chi connectivity index (χ3v) is 5.92. The Bertz CT molecular complexity index is 901. The molecule has 1 aliphatic carbocycles. The molecule has 10 heteroatoms. The molecule has 3 rings (SSSR count). The van der Waals surface area contributed by atoms with E-state index in [4.69, 9.17) is 0 Å². The standard InChI is InChI=1S/C22H28F3N3O4/c1-13-9-20(3,4)12-21(10-13)18(30)28(19(31)27-21)11-17(29)26-14(2)15-5-7-16(8-6-15)32-22(23,24)25/h5-8,13-14H,9-12H2,1-4H3,(H,26,29)(H,27,31). The van der Waals surface area contributed by atoms with E-state index in [1.807, 2.05) is 6.92 Å². The Kier molecular flexibility index (Phi) is 6.19. The molecule has 0 bridgehead atoms. The van der Waals surface area contributed by atoms with E-state index in [1.54, 1.807) is 6.92 Å². The first kappa shape index (κ1) is 23.9. The Morgan fingerprint density at radius 3 is 2.44 bits per heavy atom. The zero-order valence-electron chi connectivity index (χ0n) is 18.5. The highest BCUT2D eigenvalue weighted by molar-refractivity contribution is 6.09. The number of nitrogens with zero attached hydrogens (tertiary/aromatic N) is 1. The van der Waals surface area contributed by atoms with Crippen molar-refractivity contribution < 1.29 is 32.3 Å². The van der Waals surface area contributed by atoms with E-state index in [0.29, 0.717) is 18.4 Å². The van der Waals surface area contributed by atoms with Crippen LogP contribution in [0.15, 0.2) is 24.3 Å². The minimum atomic E-state index is -4.78. The van der Waals surface area contributed by atoms with Crippen molar-refractivity contribution >= 4 is 17.8 Å². The Morgan fingerprint density at radius 2 is 1.88 bits per heavy atom. The zero-order chi connectivity index (χ0) is 23.9. The maximum atomic E-state index is 13.1. The number of urea groups is 1. The summed E-state index contributed by atoms with van der Waals surface area (Å²) >= 11 is 0. The molecular formula is C22H28F3N3O4. The molecule has 2 fully saturated rings. The van der Waals surface area contributed by atoms with E-state index >= 15 is 0 Å². The van der Waals surface area contributed by atoms with Crippen LogP contribution in [0.2, 0.25) is 0 Å². The predicted octanol–water partition coefficient (Wildman–Crippen LogP) is 3.90. The topological polar surface area (TPSA) is 87.7 Å². The van der Waals surface area contributed by atoms with E-state index in [2.05, 4.69) is 29.2 Å². The van der Waals surface area contributed by atoms with Crippen LogP contribution in [0, 0.1) is 11.3 Å². The predicted molar refractivity (Wildman–Crippen MR) is 109 cm³/mol. The fraction of sp³-hybridized carbons (Fsp3) is 0.591. The van der Waals surface area contributed by atoms with E-state index in [9.17, 15) is 27.6 Å². The van der Waals surface area contributed by atoms with Gasteiger partial charge in [0.1, 0.15) is 17.8 Å². The van der Waals surface area contributed by atoms with Gasteiger partial charge in [0.2, 0.25) is 5.91 Å². The molecule has 3 atom stereocenters. The van der Waals surface area contributed by atoms with Gasteiger partial charge in [0.25, 0.3) is 5.91 Å². The fourth-order valence-electron chi connectivity index (χ4n) is 5.12. The van der Waals surface area contributed by atoms with Crippen LogP contribution in [0.25, 0.3) is 0 Å². The van der Waals surface area contributed by atoms with E-state index in [-0.39, 0.29) is 17.1 Å². The molecule has 2 aliphatic rings. The second-order valence-corrected chi connectivity index (χ2v) is 9.66. The van der Waals surface area contributed by atoms with Gasteiger partial charge >= 0.3 is 12.4 Å². The van der Waals surface area contributed by atoms with Gasteiger partial charge in [-0.25, -0.2) is 4.79 Å². The zero-order valence-corrected chi connectivity index (χ0v) is 18.5. The first-order valence-corrected chi connectivity index (χ1v) is 10.5. The normalized spacial score (nSPS) is 26.1. The van der Waals surface area contributed by atoms with Crippen molar-refractivity contribution in [3.63, 3.8) is 0 Å². The second kappa shape index (κ2) is 8.29. The van der Waals surface area contributed by atoms with Crippen LogP contribution in [-0.4, -0.2) is 41.2 Å². The van der Waals surface area contributed by atoms with Gasteiger partial charge in [-0.05, 0) is 55.2 Å². The molecule has 1 aromatic carbocycles. The largest absolute Gasteiger partial charge is 0.573 e. The summed E-state index contributed by atoms with van der Waals surface area (Å²) in [5.74, 6) is -1.05. The molecule has 1 aromatic rings. The van der Waals surface area contributed by atoms with E-state index in [1.165, 1.54) is 12.1 Å². The van der Waals surface area contributed by atoms with Crippen molar-refractivity contribution in [1.29, 1.82) is 0 Å². The molecule has 1 aliphatic heterocycles. The summed E-state index contributed by atoms with van der Waals surface area (Å²) in [6.45, 7) is 7.39. The number of carbonyl (C=O) groups excluding carboxylic acids is 3. The number of nitrogens with one attached hydrogen (secondary N) is 2. The fourth-order valence-corrected chi connectivity index (χ4v) is 5.12. The lowest BCUT2D eigenvalue weighted by molar-refractivity contribution is -0.274. The van der Waals surface area contributed by atoms with Crippen molar-refractivity contribution in [2.45, 2.75) is 64.9 Å². The van der Waals surface area contributed by atoms with Gasteiger partial charge in [-0.15, -0.1) is 13.2 Å². The van der Waals surface area contributed by atoms with Gasteiger partial charge < -0.3 is 15.4 Å². The molecule has 32 heavy (non-hydrogen) atoms. The number of amides is 4. The summed E-state index contributed by atoms with van der Waals surface area (Å²) in [6.07, 6.45) is -2.80. The highest BCUT2D eigenvalue weighted by Crippen LogP contribution is 2.46. The Morgan fingerprint density at radius 1 is 1.25 bits per heavy atom. The maximum Gasteiger partial charge on any atom is 0.573 e. The first-order chi connectivity index (χ1) is 14.7. The molecule has 1 saturated heterocycles. The molecule has 3 unspecified atom stereocenters. The van der Waals surface area contributed by atoms with Crippen LogP contribution in [0.4, 0.5) is 18.0 Å². The van der Waals surface area contributed by atoms with Gasteiger partial charge in [0, 0.05) is 0 Å². The van der Waals surface area contributed by atoms with Crippen molar-refractivity contribution in [3.8, 4) is 5.75 Å². The molecule has 1 saturated carbocycles. The molecule has 0 radical (unpaired) electrons. The van der Waals surface area contributed by atoms with E-state index in [0.717, 1.165) is 23.5 Å². The number of imide groups is 1. The average molecular weight is 455 g/mol. The molecular weight excluding hydrogens is 427 g/mol. The van der Waals surface area contributed by atoms with Gasteiger partial charge in [0.05, 0.1) is 6.04 Å². The summed E-state index contributed by atoms with van der Waals surface area (Å²) in [5, 5.41) is 5.49. The number of alkyl halides is 3. The van der Waals surface area contributed by atoms with Crippen LogP contribution >= 0.6 is 0 Å². The lowest BCUT2D eigenvalue weighted by Gasteiger charge is -2.43. The van der Waals surface area contributed by atoms with Crippen LogP contribution in [0.1, 0.15) is 58.6 Å². The van der Waals surface area contributed by atoms with Crippen molar-refractivity contribution in [3.05, 3.63) is 29.8 Å². The van der Waals surface area contributed by atoms with Crippen molar-refractivity contribution in [1.82, 2.24) is 15.5 Å². The highest BCUT2D eigenvalue weighted by Gasteiger charge is 2.56. The molecule has 2 N–H and O–H groups in total. The van der Waals surface area contributed by atoms with Crippen LogP contribution in [-0.2, 0) is 9.59 Å². The van der Waals surface area contributed by atoms with E-state index < -0.39 is 42.3 Å². The number of benzene rings is 1. The number of rotatable bonds is 5. The minimum Gasteiger partial charge on any atom is -0.406 e. The number of halogens is 3. The van der Waals surface area contributed by atoms with Crippen LogP contribution in [0.5, 0.6) is 5.75 Å². The molecule has 1 heterocycles. The lowest BCUT2D eigenvalue weighted by atomic mass is 9.64. The van der Waals surface area contributed by atoms with Gasteiger partial charge in [-0.1, -0.05) is 32.9 Å². The first-order valence-electron chi connectivity index (χ1n) is 10.5. The molecule has 176 valence electrons. The molecule has 0 aromatic heterocycles. The summed E-state index contributed by atoms with van der Waals surface area (Å²) in [6, 6.07) is 3.97. The lowest BCUT2D eigenvalue weighted by Crippen LogP contribution is -2.54. The highest BCUT2D eigenvalue weighted by atomic mass is 19.4. The smallest absolute Gasteiger partial charge is 0.406 e. The van der Waals surface area contributed by atoms with Crippen molar-refractivity contribution in [2.75, 3.05) is 6.54 Å². The minimum absolute atomic E-state index is 0.116. The van der Waals surface area contributed by atoms with Crippen LogP contribution < -0.4 is 15.4 Å². The second-order valence-electron chi connectivity index (χ2n) is 9.66. The Hall–Kier alpha value is -2.78. The van der Waals surface area contributed by atoms with Crippen molar-refractivity contribution in [2.24, 2.45) is 11.3 Å². The molecule has 7 nitrogen and oxygen atoms in total. The quantitative estimate of drug-likeness (QED) is 0.660. The number of hydrogen-bond donors (Lipinski definition) is 2. The summed E-state index contributed by atoms with van der Waals surface area (Å²) in [5.41, 5.74) is -0.558. The van der Waals surface area contributed by atoms with Gasteiger partial charge in [-0.3, -0.25) is 14.5 Å². The summed E-state index contributed by atoms with van der Waals surface area (Å²) < 4.78 is 40.7. The Balaban J connectivity index is 1.62. The summed E-state index contributed by atoms with van der Waals surface area (Å²) in [4.78, 5) is 39.1. The van der Waals surface area contributed by atoms with Gasteiger partial charge in [0.15, 0.2) is 0 Å². The number of hydrogen-bond acceptors (Lipinski definition) is 4. The third-order valence-electron chi connectivity index (χ3n) is 5.92. The van der Waals surface area contributed by atoms with Crippen LogP contribution in [0.3, 0.4) is 0 Å². The third kappa shape index (κ3) is 5.34. The molecule has 4 amide bonds. The average Bonchev–Trinajstić information content (AvgIpc) is 2.82. The number of ether oxygens (including phenoxy) is 1. The van der Waals surface area contributed by atoms with Gasteiger partial charge in [-0.2, -0.15) is 0 Å². The monoisotopic (exact) mass is 455 g/mol. The summed E-state index contributed by atoms with van der Waals surface area (Å²) in [7, 11) is 0. The SMILES string of the molecule is CC1CC(C)(C)CC2(C1)NC(=O)N(CC(=O)NC(C)c1ccc(OC(F)(F)F)cc1)C2=O. The maximum absolute atomic E-state index is 13.1.